The molecule has 5 nitrogen and oxygen atoms in total. The molecule has 0 radical (unpaired) electrons. The second kappa shape index (κ2) is 9.80. The molecule has 1 fully saturated rings. The molecule has 1 aliphatic heterocycles. The van der Waals surface area contributed by atoms with Crippen LogP contribution >= 0.6 is 0 Å². The molecule has 2 aromatic rings. The van der Waals surface area contributed by atoms with Crippen LogP contribution in [-0.2, 0) is 4.79 Å². The molecule has 0 spiro atoms. The SMILES string of the molecule is CCN(CC)C(C(=O)N1CCN(C(=O)c2ccc(F)c(F)c2)CC1)c1ccccc1. The number of carbonyl (C=O) groups is 2. The Bertz CT molecular complexity index is 879. The third-order valence-electron chi connectivity index (χ3n) is 5.57. The van der Waals surface area contributed by atoms with Gasteiger partial charge in [0.15, 0.2) is 11.6 Å². The molecule has 0 aromatic heterocycles. The summed E-state index contributed by atoms with van der Waals surface area (Å²) < 4.78 is 26.6. The van der Waals surface area contributed by atoms with Crippen LogP contribution in [0.25, 0.3) is 0 Å². The number of piperazine rings is 1. The lowest BCUT2D eigenvalue weighted by Gasteiger charge is -2.39. The molecule has 0 saturated carbocycles. The summed E-state index contributed by atoms with van der Waals surface area (Å²) in [6.07, 6.45) is 0. The molecule has 1 saturated heterocycles. The zero-order valence-corrected chi connectivity index (χ0v) is 17.4. The van der Waals surface area contributed by atoms with E-state index in [1.54, 1.807) is 9.80 Å². The Hall–Kier alpha value is -2.80. The summed E-state index contributed by atoms with van der Waals surface area (Å²) in [5, 5.41) is 0. The fourth-order valence-electron chi connectivity index (χ4n) is 3.85. The number of rotatable bonds is 6. The molecule has 0 bridgehead atoms. The molecule has 7 heteroatoms. The first kappa shape index (κ1) is 21.9. The highest BCUT2D eigenvalue weighted by Gasteiger charge is 2.32. The standard InChI is InChI=1S/C23H27F2N3O2/c1-3-26(4-2)21(17-8-6-5-7-9-17)23(30)28-14-12-27(13-15-28)22(29)18-10-11-19(24)20(25)16-18/h5-11,16,21H,3-4,12-15H2,1-2H3. The fourth-order valence-corrected chi connectivity index (χ4v) is 3.85. The predicted octanol–water partition coefficient (Wildman–Crippen LogP) is 3.33. The fraction of sp³-hybridized carbons (Fsp3) is 0.391. The molecule has 0 aliphatic carbocycles. The Morgan fingerprint density at radius 1 is 0.900 bits per heavy atom. The molecule has 160 valence electrons. The number of halogens is 2. The van der Waals surface area contributed by atoms with Gasteiger partial charge in [-0.15, -0.1) is 0 Å². The van der Waals surface area contributed by atoms with Gasteiger partial charge < -0.3 is 9.80 Å². The van der Waals surface area contributed by atoms with Crippen molar-refractivity contribution >= 4 is 11.8 Å². The molecule has 2 aromatic carbocycles. The van der Waals surface area contributed by atoms with Gasteiger partial charge >= 0.3 is 0 Å². The van der Waals surface area contributed by atoms with Crippen molar-refractivity contribution in [3.63, 3.8) is 0 Å². The molecule has 1 unspecified atom stereocenters. The number of nitrogens with zero attached hydrogens (tertiary/aromatic N) is 3. The molecule has 1 aliphatic rings. The molecular formula is C23H27F2N3O2. The number of hydrogen-bond donors (Lipinski definition) is 0. The number of carbonyl (C=O) groups excluding carboxylic acids is 2. The van der Waals surface area contributed by atoms with Gasteiger partial charge in [0.25, 0.3) is 5.91 Å². The maximum Gasteiger partial charge on any atom is 0.254 e. The van der Waals surface area contributed by atoms with E-state index in [0.717, 1.165) is 30.8 Å². The van der Waals surface area contributed by atoms with Crippen LogP contribution in [0.1, 0.15) is 35.8 Å². The van der Waals surface area contributed by atoms with E-state index in [1.807, 2.05) is 44.2 Å². The second-order valence-electron chi connectivity index (χ2n) is 7.28. The first-order valence-corrected chi connectivity index (χ1v) is 10.3. The highest BCUT2D eigenvalue weighted by Crippen LogP contribution is 2.24. The van der Waals surface area contributed by atoms with Gasteiger partial charge in [-0.2, -0.15) is 0 Å². The first-order chi connectivity index (χ1) is 14.5. The molecule has 30 heavy (non-hydrogen) atoms. The summed E-state index contributed by atoms with van der Waals surface area (Å²) >= 11 is 0. The lowest BCUT2D eigenvalue weighted by atomic mass is 10.0. The van der Waals surface area contributed by atoms with Gasteiger partial charge in [-0.1, -0.05) is 44.2 Å². The normalized spacial score (nSPS) is 15.4. The third kappa shape index (κ3) is 4.67. The van der Waals surface area contributed by atoms with Crippen molar-refractivity contribution in [2.75, 3.05) is 39.3 Å². The molecule has 3 rings (SSSR count). The van der Waals surface area contributed by atoms with E-state index in [-0.39, 0.29) is 23.4 Å². The van der Waals surface area contributed by atoms with Crippen LogP contribution in [0.5, 0.6) is 0 Å². The zero-order chi connectivity index (χ0) is 21.7. The van der Waals surface area contributed by atoms with Gasteiger partial charge in [0.1, 0.15) is 6.04 Å². The van der Waals surface area contributed by atoms with E-state index >= 15 is 0 Å². The van der Waals surface area contributed by atoms with Gasteiger partial charge in [0.05, 0.1) is 0 Å². The maximum atomic E-state index is 13.5. The second-order valence-corrected chi connectivity index (χ2v) is 7.28. The summed E-state index contributed by atoms with van der Waals surface area (Å²) in [5.74, 6) is -2.36. The Labute approximate surface area is 175 Å². The van der Waals surface area contributed by atoms with Crippen molar-refractivity contribution in [3.05, 3.63) is 71.3 Å². The number of likely N-dealkylation sites (N-methyl/N-ethyl adjacent to an activating group) is 1. The minimum atomic E-state index is -1.04. The monoisotopic (exact) mass is 415 g/mol. The lowest BCUT2D eigenvalue weighted by molar-refractivity contribution is -0.138. The third-order valence-corrected chi connectivity index (χ3v) is 5.57. The summed E-state index contributed by atoms with van der Waals surface area (Å²) in [6, 6.07) is 12.5. The van der Waals surface area contributed by atoms with E-state index in [0.29, 0.717) is 26.2 Å². The van der Waals surface area contributed by atoms with Crippen molar-refractivity contribution in [3.8, 4) is 0 Å². The van der Waals surface area contributed by atoms with E-state index in [2.05, 4.69) is 4.90 Å². The summed E-state index contributed by atoms with van der Waals surface area (Å²) in [6.45, 7) is 7.06. The van der Waals surface area contributed by atoms with Gasteiger partial charge in [-0.3, -0.25) is 14.5 Å². The van der Waals surface area contributed by atoms with Crippen LogP contribution in [0.4, 0.5) is 8.78 Å². The smallest absolute Gasteiger partial charge is 0.254 e. The lowest BCUT2D eigenvalue weighted by Crippen LogP contribution is -2.53. The van der Waals surface area contributed by atoms with Crippen LogP contribution in [0.3, 0.4) is 0 Å². The molecule has 0 N–H and O–H groups in total. The van der Waals surface area contributed by atoms with Crippen molar-refractivity contribution in [2.45, 2.75) is 19.9 Å². The largest absolute Gasteiger partial charge is 0.337 e. The van der Waals surface area contributed by atoms with Crippen molar-refractivity contribution in [1.29, 1.82) is 0 Å². The topological polar surface area (TPSA) is 43.9 Å². The average molecular weight is 415 g/mol. The van der Waals surface area contributed by atoms with E-state index < -0.39 is 11.6 Å². The van der Waals surface area contributed by atoms with Crippen molar-refractivity contribution < 1.29 is 18.4 Å². The van der Waals surface area contributed by atoms with Gasteiger partial charge in [-0.25, -0.2) is 8.78 Å². The van der Waals surface area contributed by atoms with Crippen LogP contribution in [-0.4, -0.2) is 65.8 Å². The van der Waals surface area contributed by atoms with Crippen LogP contribution in [0.15, 0.2) is 48.5 Å². The highest BCUT2D eigenvalue weighted by molar-refractivity contribution is 5.94. The Morgan fingerprint density at radius 3 is 2.07 bits per heavy atom. The van der Waals surface area contributed by atoms with Crippen molar-refractivity contribution in [2.24, 2.45) is 0 Å². The van der Waals surface area contributed by atoms with Crippen LogP contribution < -0.4 is 0 Å². The predicted molar refractivity (Wildman–Crippen MR) is 111 cm³/mol. The van der Waals surface area contributed by atoms with Crippen molar-refractivity contribution in [1.82, 2.24) is 14.7 Å². The minimum Gasteiger partial charge on any atom is -0.337 e. The highest BCUT2D eigenvalue weighted by atomic mass is 19.2. The average Bonchev–Trinajstić information content (AvgIpc) is 2.79. The summed E-state index contributed by atoms with van der Waals surface area (Å²) in [7, 11) is 0. The van der Waals surface area contributed by atoms with E-state index in [9.17, 15) is 18.4 Å². The number of hydrogen-bond acceptors (Lipinski definition) is 3. The van der Waals surface area contributed by atoms with Gasteiger partial charge in [0.2, 0.25) is 5.91 Å². The van der Waals surface area contributed by atoms with Gasteiger partial charge in [0, 0.05) is 31.7 Å². The Balaban J connectivity index is 1.70. The molecular weight excluding hydrogens is 388 g/mol. The first-order valence-electron chi connectivity index (χ1n) is 10.3. The summed E-state index contributed by atoms with van der Waals surface area (Å²) in [4.78, 5) is 31.5. The van der Waals surface area contributed by atoms with Crippen LogP contribution in [0, 0.1) is 11.6 Å². The van der Waals surface area contributed by atoms with Gasteiger partial charge in [-0.05, 0) is 36.9 Å². The van der Waals surface area contributed by atoms with Crippen LogP contribution in [0.2, 0.25) is 0 Å². The summed E-state index contributed by atoms with van der Waals surface area (Å²) in [5.41, 5.74) is 1.06. The Morgan fingerprint density at radius 2 is 1.50 bits per heavy atom. The maximum absolute atomic E-state index is 13.5. The van der Waals surface area contributed by atoms with E-state index in [4.69, 9.17) is 0 Å². The minimum absolute atomic E-state index is 0.0184. The molecule has 2 amide bonds. The Kier molecular flexibility index (Phi) is 7.15. The molecule has 1 atom stereocenters. The van der Waals surface area contributed by atoms with E-state index in [1.165, 1.54) is 6.07 Å². The number of amides is 2. The molecule has 1 heterocycles. The number of benzene rings is 2. The zero-order valence-electron chi connectivity index (χ0n) is 17.4. The quantitative estimate of drug-likeness (QED) is 0.727.